The van der Waals surface area contributed by atoms with E-state index in [1.54, 1.807) is 17.4 Å². The predicted molar refractivity (Wildman–Crippen MR) is 90.1 cm³/mol. The molecule has 0 bridgehead atoms. The highest BCUT2D eigenvalue weighted by Gasteiger charge is 2.25. The van der Waals surface area contributed by atoms with Gasteiger partial charge in [-0.1, -0.05) is 13.8 Å². The van der Waals surface area contributed by atoms with Crippen molar-refractivity contribution in [2.75, 3.05) is 0 Å². The number of carbonyl (C=O) groups is 1. The molecule has 134 valence electrons. The summed E-state index contributed by atoms with van der Waals surface area (Å²) in [6.07, 6.45) is 3.16. The topological polar surface area (TPSA) is 107 Å². The van der Waals surface area contributed by atoms with Crippen LogP contribution in [0.5, 0.6) is 5.75 Å². The molecule has 0 aliphatic heterocycles. The molecule has 0 unspecified atom stereocenters. The minimum atomic E-state index is -1.13. The van der Waals surface area contributed by atoms with E-state index in [2.05, 4.69) is 0 Å². The van der Waals surface area contributed by atoms with E-state index < -0.39 is 12.0 Å². The summed E-state index contributed by atoms with van der Waals surface area (Å²) in [5.41, 5.74) is 2.18. The van der Waals surface area contributed by atoms with Crippen LogP contribution in [0.2, 0.25) is 0 Å². The third kappa shape index (κ3) is 3.14. The Hall–Kier alpha value is -2.34. The number of phenols is 1. The van der Waals surface area contributed by atoms with Gasteiger partial charge in [0.05, 0.1) is 11.5 Å². The SMILES string of the molecule is CC[C@H](C)[C@@H]([NH2+]Cc1c(O)ccc2c3c(c(=O)oc12)CCC3)C(=O)[O-]. The number of carbonyl (C=O) groups excluding carboxylic acids is 1. The first-order valence-electron chi connectivity index (χ1n) is 8.77. The van der Waals surface area contributed by atoms with Crippen LogP contribution < -0.4 is 16.0 Å². The van der Waals surface area contributed by atoms with E-state index >= 15 is 0 Å². The Kier molecular flexibility index (Phi) is 4.81. The number of hydrogen-bond acceptors (Lipinski definition) is 5. The lowest BCUT2D eigenvalue weighted by atomic mass is 9.98. The summed E-state index contributed by atoms with van der Waals surface area (Å²) in [5, 5.41) is 24.1. The lowest BCUT2D eigenvalue weighted by Crippen LogP contribution is -2.93. The van der Waals surface area contributed by atoms with Gasteiger partial charge in [0.25, 0.3) is 0 Å². The Morgan fingerprint density at radius 3 is 2.76 bits per heavy atom. The van der Waals surface area contributed by atoms with Crippen molar-refractivity contribution >= 4 is 16.9 Å². The molecular formula is C19H23NO5. The molecule has 0 spiro atoms. The number of phenolic OH excluding ortho intramolecular Hbond substituents is 1. The van der Waals surface area contributed by atoms with Gasteiger partial charge in [0.15, 0.2) is 5.58 Å². The Morgan fingerprint density at radius 1 is 1.36 bits per heavy atom. The highest BCUT2D eigenvalue weighted by Crippen LogP contribution is 2.32. The van der Waals surface area contributed by atoms with E-state index in [1.807, 2.05) is 13.8 Å². The summed E-state index contributed by atoms with van der Waals surface area (Å²) >= 11 is 0. The zero-order chi connectivity index (χ0) is 18.1. The first kappa shape index (κ1) is 17.5. The van der Waals surface area contributed by atoms with E-state index in [1.165, 1.54) is 0 Å². The summed E-state index contributed by atoms with van der Waals surface area (Å²) in [4.78, 5) is 23.6. The molecular weight excluding hydrogens is 322 g/mol. The van der Waals surface area contributed by atoms with Gasteiger partial charge >= 0.3 is 5.63 Å². The summed E-state index contributed by atoms with van der Waals surface area (Å²) < 4.78 is 5.50. The van der Waals surface area contributed by atoms with Crippen LogP contribution in [0.4, 0.5) is 0 Å². The van der Waals surface area contributed by atoms with E-state index in [-0.39, 0.29) is 23.8 Å². The molecule has 25 heavy (non-hydrogen) atoms. The van der Waals surface area contributed by atoms with Crippen LogP contribution in [-0.2, 0) is 24.2 Å². The zero-order valence-corrected chi connectivity index (χ0v) is 14.5. The maximum Gasteiger partial charge on any atom is 0.339 e. The Bertz CT molecular complexity index is 870. The zero-order valence-electron chi connectivity index (χ0n) is 14.5. The van der Waals surface area contributed by atoms with Gasteiger partial charge in [0, 0.05) is 16.9 Å². The molecule has 1 aromatic heterocycles. The third-order valence-corrected chi connectivity index (χ3v) is 5.32. The van der Waals surface area contributed by atoms with Crippen molar-refractivity contribution in [3.05, 3.63) is 39.2 Å². The van der Waals surface area contributed by atoms with E-state index in [0.717, 1.165) is 35.8 Å². The largest absolute Gasteiger partial charge is 0.544 e. The highest BCUT2D eigenvalue weighted by atomic mass is 16.4. The van der Waals surface area contributed by atoms with Crippen molar-refractivity contribution in [2.45, 2.75) is 52.1 Å². The van der Waals surface area contributed by atoms with E-state index in [9.17, 15) is 19.8 Å². The van der Waals surface area contributed by atoms with Gasteiger partial charge in [0.2, 0.25) is 0 Å². The fourth-order valence-corrected chi connectivity index (χ4v) is 3.65. The number of hydrogen-bond donors (Lipinski definition) is 2. The standard InChI is InChI=1S/C19H23NO5/c1-3-10(2)16(18(22)23)20-9-14-15(21)8-7-12-11-5-4-6-13(11)19(24)25-17(12)14/h7-8,10,16,20-21H,3-6,9H2,1-2H3,(H,22,23)/t10-,16+/m0/s1. The first-order valence-corrected chi connectivity index (χ1v) is 8.77. The predicted octanol–water partition coefficient (Wildman–Crippen LogP) is 0.215. The molecule has 0 saturated carbocycles. The van der Waals surface area contributed by atoms with Gasteiger partial charge in [-0.25, -0.2) is 4.79 Å². The molecule has 2 aromatic rings. The number of aliphatic carboxylic acids is 1. The molecule has 1 aliphatic rings. The number of quaternary nitrogens is 1. The number of aromatic hydroxyl groups is 1. The average Bonchev–Trinajstić information content (AvgIpc) is 3.07. The molecule has 1 aromatic carbocycles. The molecule has 0 amide bonds. The molecule has 6 nitrogen and oxygen atoms in total. The van der Waals surface area contributed by atoms with Crippen molar-refractivity contribution in [1.82, 2.24) is 0 Å². The van der Waals surface area contributed by atoms with E-state index in [0.29, 0.717) is 17.6 Å². The monoisotopic (exact) mass is 345 g/mol. The molecule has 2 atom stereocenters. The molecule has 6 heteroatoms. The Morgan fingerprint density at radius 2 is 2.08 bits per heavy atom. The van der Waals surface area contributed by atoms with Gasteiger partial charge in [-0.3, -0.25) is 0 Å². The van der Waals surface area contributed by atoms with Crippen LogP contribution >= 0.6 is 0 Å². The maximum absolute atomic E-state index is 12.2. The second-order valence-corrected chi connectivity index (χ2v) is 6.81. The van der Waals surface area contributed by atoms with Crippen LogP contribution in [0.3, 0.4) is 0 Å². The van der Waals surface area contributed by atoms with Crippen LogP contribution in [-0.4, -0.2) is 17.1 Å². The summed E-state index contributed by atoms with van der Waals surface area (Å²) in [6, 6.07) is 2.63. The van der Waals surface area contributed by atoms with Crippen LogP contribution in [0.15, 0.2) is 21.3 Å². The summed E-state index contributed by atoms with van der Waals surface area (Å²) in [7, 11) is 0. The minimum Gasteiger partial charge on any atom is -0.544 e. The van der Waals surface area contributed by atoms with Gasteiger partial charge in [-0.05, 0) is 43.4 Å². The van der Waals surface area contributed by atoms with Crippen molar-refractivity contribution in [3.8, 4) is 5.75 Å². The maximum atomic E-state index is 12.2. The number of nitrogens with two attached hydrogens (primary N) is 1. The summed E-state index contributed by atoms with van der Waals surface area (Å²) in [5.74, 6) is -1.19. The normalized spacial score (nSPS) is 15.9. The Balaban J connectivity index is 2.01. The molecule has 0 fully saturated rings. The third-order valence-electron chi connectivity index (χ3n) is 5.32. The smallest absolute Gasteiger partial charge is 0.339 e. The van der Waals surface area contributed by atoms with Crippen LogP contribution in [0.25, 0.3) is 11.0 Å². The molecule has 3 N–H and O–H groups in total. The number of benzene rings is 1. The average molecular weight is 345 g/mol. The lowest BCUT2D eigenvalue weighted by molar-refractivity contribution is -0.704. The van der Waals surface area contributed by atoms with Crippen molar-refractivity contribution < 1.29 is 24.7 Å². The van der Waals surface area contributed by atoms with Gasteiger partial charge in [-0.2, -0.15) is 0 Å². The number of aryl methyl sites for hydroxylation is 1. The lowest BCUT2D eigenvalue weighted by Gasteiger charge is -2.22. The molecule has 1 aliphatic carbocycles. The summed E-state index contributed by atoms with van der Waals surface area (Å²) in [6.45, 7) is 3.98. The number of carboxylic acid groups (broad SMARTS) is 1. The fraction of sp³-hybridized carbons (Fsp3) is 0.474. The number of rotatable bonds is 6. The number of carboxylic acids is 1. The fourth-order valence-electron chi connectivity index (χ4n) is 3.65. The van der Waals surface area contributed by atoms with Crippen LogP contribution in [0, 0.1) is 5.92 Å². The van der Waals surface area contributed by atoms with Gasteiger partial charge in [0.1, 0.15) is 18.3 Å². The van der Waals surface area contributed by atoms with E-state index in [4.69, 9.17) is 4.42 Å². The quantitative estimate of drug-likeness (QED) is 0.728. The second-order valence-electron chi connectivity index (χ2n) is 6.81. The number of fused-ring (bicyclic) bond motifs is 3. The second kappa shape index (κ2) is 6.88. The van der Waals surface area contributed by atoms with Crippen molar-refractivity contribution in [3.63, 3.8) is 0 Å². The molecule has 3 rings (SSSR count). The molecule has 0 radical (unpaired) electrons. The van der Waals surface area contributed by atoms with Crippen molar-refractivity contribution in [1.29, 1.82) is 0 Å². The Labute approximate surface area is 145 Å². The van der Waals surface area contributed by atoms with Gasteiger partial charge in [-0.15, -0.1) is 0 Å². The minimum absolute atomic E-state index is 0.00564. The highest BCUT2D eigenvalue weighted by molar-refractivity contribution is 5.86. The van der Waals surface area contributed by atoms with Crippen molar-refractivity contribution in [2.24, 2.45) is 5.92 Å². The van der Waals surface area contributed by atoms with Gasteiger partial charge < -0.3 is 24.7 Å². The molecule has 1 heterocycles. The first-order chi connectivity index (χ1) is 11.9. The van der Waals surface area contributed by atoms with Crippen LogP contribution in [0.1, 0.15) is 43.4 Å². The molecule has 0 saturated heterocycles.